The Morgan fingerprint density at radius 2 is 1.90 bits per heavy atom. The van der Waals surface area contributed by atoms with Crippen LogP contribution in [0.15, 0.2) is 4.99 Å². The van der Waals surface area contributed by atoms with E-state index in [9.17, 15) is 4.39 Å². The van der Waals surface area contributed by atoms with Crippen LogP contribution in [0.3, 0.4) is 0 Å². The summed E-state index contributed by atoms with van der Waals surface area (Å²) in [7, 11) is 0. The third-order valence-corrected chi connectivity index (χ3v) is 1.49. The Balaban J connectivity index is 2.83. The van der Waals surface area contributed by atoms with Crippen LogP contribution < -0.4 is 0 Å². The molecule has 0 saturated heterocycles. The molecule has 0 bridgehead atoms. The van der Waals surface area contributed by atoms with Crippen LogP contribution in [0.4, 0.5) is 4.39 Å². The zero-order chi connectivity index (χ0) is 7.66. The summed E-state index contributed by atoms with van der Waals surface area (Å²) >= 11 is 2.57. The molecule has 0 unspecified atom stereocenters. The average molecular weight is 208 g/mol. The summed E-state index contributed by atoms with van der Waals surface area (Å²) in [5, 5.41) is 0. The van der Waals surface area contributed by atoms with Gasteiger partial charge in [-0.05, 0) is 0 Å². The van der Waals surface area contributed by atoms with Crippen LogP contribution in [-0.2, 0) is 0 Å². The van der Waals surface area contributed by atoms with Crippen molar-refractivity contribution in [1.29, 1.82) is 0 Å². The van der Waals surface area contributed by atoms with Gasteiger partial charge in [0.1, 0.15) is 0 Å². The first-order valence-electron chi connectivity index (χ1n) is 3.51. The van der Waals surface area contributed by atoms with Crippen LogP contribution in [0.25, 0.3) is 0 Å². The first-order chi connectivity index (χ1) is 4.91. The molecule has 0 aliphatic carbocycles. The molecule has 0 amide bonds. The van der Waals surface area contributed by atoms with Gasteiger partial charge in [-0.3, -0.25) is 0 Å². The Morgan fingerprint density at radius 1 is 1.20 bits per heavy atom. The Kier molecular flexibility index (Phi) is 9.06. The number of halogens is 1. The monoisotopic (exact) mass is 209 g/mol. The summed E-state index contributed by atoms with van der Waals surface area (Å²) in [5.74, 6) is 0. The van der Waals surface area contributed by atoms with Crippen LogP contribution in [0.1, 0.15) is 25.7 Å². The van der Waals surface area contributed by atoms with E-state index in [1.165, 1.54) is 0 Å². The molecule has 0 atom stereocenters. The van der Waals surface area contributed by atoms with Gasteiger partial charge in [-0.1, -0.05) is 0 Å². The van der Waals surface area contributed by atoms with E-state index < -0.39 is 0 Å². The van der Waals surface area contributed by atoms with Crippen molar-refractivity contribution < 1.29 is 4.39 Å². The third kappa shape index (κ3) is 8.03. The molecule has 58 valence electrons. The van der Waals surface area contributed by atoms with E-state index in [1.807, 2.05) is 0 Å². The van der Waals surface area contributed by atoms with Crippen molar-refractivity contribution >= 4 is 20.3 Å². The molecule has 0 aromatic rings. The summed E-state index contributed by atoms with van der Waals surface area (Å²) in [6, 6.07) is 0. The van der Waals surface area contributed by atoms with E-state index in [0.717, 1.165) is 25.8 Å². The molecule has 0 aliphatic heterocycles. The fraction of sp³-hybridized carbons (Fsp3) is 0.857. The van der Waals surface area contributed by atoms with Gasteiger partial charge in [0.05, 0.1) is 0 Å². The van der Waals surface area contributed by atoms with E-state index >= 15 is 0 Å². The molecule has 3 heteroatoms. The van der Waals surface area contributed by atoms with Crippen molar-refractivity contribution in [1.82, 2.24) is 0 Å². The van der Waals surface area contributed by atoms with Gasteiger partial charge in [0, 0.05) is 0 Å². The molecule has 0 spiro atoms. The normalized spacial score (nSPS) is 8.90. The van der Waals surface area contributed by atoms with Crippen LogP contribution in [-0.4, -0.2) is 33.5 Å². The number of aliphatic imine (C=N–C) groups is 1. The molecule has 10 heavy (non-hydrogen) atoms. The summed E-state index contributed by atoms with van der Waals surface area (Å²) in [4.78, 5) is 3.87. The molecule has 0 heterocycles. The molecule has 0 rings (SSSR count). The Hall–Kier alpha value is 0.0295. The maximum atomic E-state index is 11.5. The molecule has 0 saturated carbocycles. The summed E-state index contributed by atoms with van der Waals surface area (Å²) in [6.07, 6.45) is 3.81. The van der Waals surface area contributed by atoms with Gasteiger partial charge in [0.15, 0.2) is 0 Å². The van der Waals surface area contributed by atoms with Gasteiger partial charge in [0.25, 0.3) is 0 Å². The standard InChI is InChI=1S/C7H12FNSe/c8-5-3-1-2-4-6-9-7-10/h1-6H2. The van der Waals surface area contributed by atoms with E-state index in [-0.39, 0.29) is 6.67 Å². The first-order valence-corrected chi connectivity index (χ1v) is 4.37. The maximum absolute atomic E-state index is 11.5. The van der Waals surface area contributed by atoms with E-state index in [0.29, 0.717) is 6.42 Å². The van der Waals surface area contributed by atoms with E-state index in [1.54, 1.807) is 0 Å². The summed E-state index contributed by atoms with van der Waals surface area (Å²) < 4.78 is 14.1. The molecule has 0 radical (unpaired) electrons. The number of hydrogen-bond acceptors (Lipinski definition) is 1. The van der Waals surface area contributed by atoms with Crippen molar-refractivity contribution in [3.05, 3.63) is 0 Å². The van der Waals surface area contributed by atoms with Crippen LogP contribution in [0.5, 0.6) is 0 Å². The van der Waals surface area contributed by atoms with Crippen molar-refractivity contribution in [2.45, 2.75) is 25.7 Å². The Labute approximate surface area is 69.1 Å². The molecule has 1 nitrogen and oxygen atoms in total. The van der Waals surface area contributed by atoms with Crippen LogP contribution in [0, 0.1) is 0 Å². The van der Waals surface area contributed by atoms with Gasteiger partial charge in [-0.2, -0.15) is 0 Å². The summed E-state index contributed by atoms with van der Waals surface area (Å²) in [5.41, 5.74) is 0. The Bertz CT molecular complexity index is 110. The van der Waals surface area contributed by atoms with Crippen molar-refractivity contribution in [3.63, 3.8) is 0 Å². The molecule has 0 aromatic carbocycles. The third-order valence-electron chi connectivity index (χ3n) is 1.22. The molecule has 0 fully saturated rings. The van der Waals surface area contributed by atoms with Gasteiger partial charge in [-0.25, -0.2) is 0 Å². The SMILES string of the molecule is FCCCCCCN=C=[Se]. The second-order valence-electron chi connectivity index (χ2n) is 2.08. The molecule has 0 aliphatic rings. The second kappa shape index (κ2) is 9.03. The molecule has 0 N–H and O–H groups in total. The van der Waals surface area contributed by atoms with Crippen LogP contribution in [0.2, 0.25) is 0 Å². The van der Waals surface area contributed by atoms with E-state index in [4.69, 9.17) is 0 Å². The van der Waals surface area contributed by atoms with Crippen molar-refractivity contribution in [3.8, 4) is 0 Å². The topological polar surface area (TPSA) is 12.4 Å². The number of rotatable bonds is 6. The van der Waals surface area contributed by atoms with Gasteiger partial charge in [0.2, 0.25) is 0 Å². The number of unbranched alkanes of at least 4 members (excludes halogenated alkanes) is 3. The number of hydrogen-bond donors (Lipinski definition) is 0. The Morgan fingerprint density at radius 3 is 2.50 bits per heavy atom. The zero-order valence-electron chi connectivity index (χ0n) is 5.98. The molecular formula is C7H12FNSe. The number of nitrogens with zero attached hydrogens (tertiary/aromatic N) is 1. The van der Waals surface area contributed by atoms with Gasteiger partial charge >= 0.3 is 68.6 Å². The fourth-order valence-electron chi connectivity index (χ4n) is 0.685. The summed E-state index contributed by atoms with van der Waals surface area (Å²) in [6.45, 7) is 0.635. The molecular weight excluding hydrogens is 196 g/mol. The predicted molar refractivity (Wildman–Crippen MR) is 42.5 cm³/mol. The number of alkyl halides is 1. The fourth-order valence-corrected chi connectivity index (χ4v) is 0.876. The molecule has 0 aromatic heterocycles. The minimum absolute atomic E-state index is 0.184. The minimum atomic E-state index is -0.184. The van der Waals surface area contributed by atoms with Crippen molar-refractivity contribution in [2.24, 2.45) is 4.99 Å². The first kappa shape index (κ1) is 10.0. The van der Waals surface area contributed by atoms with Crippen LogP contribution >= 0.6 is 0 Å². The van der Waals surface area contributed by atoms with E-state index in [2.05, 4.69) is 25.3 Å². The quantitative estimate of drug-likeness (QED) is 0.357. The average Bonchev–Trinajstić information content (AvgIpc) is 1.97. The predicted octanol–water partition coefficient (Wildman–Crippen LogP) is 1.59. The second-order valence-corrected chi connectivity index (χ2v) is 2.46. The zero-order valence-corrected chi connectivity index (χ0v) is 7.69. The van der Waals surface area contributed by atoms with Crippen molar-refractivity contribution in [2.75, 3.05) is 13.2 Å². The van der Waals surface area contributed by atoms with Gasteiger partial charge in [-0.15, -0.1) is 0 Å². The van der Waals surface area contributed by atoms with Gasteiger partial charge < -0.3 is 0 Å².